The molecule has 5 nitrogen and oxygen atoms in total. The van der Waals surface area contributed by atoms with Crippen LogP contribution in [0.5, 0.6) is 0 Å². The summed E-state index contributed by atoms with van der Waals surface area (Å²) >= 11 is 0. The molecule has 0 saturated heterocycles. The van der Waals surface area contributed by atoms with Gasteiger partial charge in [-0.2, -0.15) is 0 Å². The van der Waals surface area contributed by atoms with Gasteiger partial charge in [-0.1, -0.05) is 37.5 Å². The van der Waals surface area contributed by atoms with Crippen molar-refractivity contribution in [1.29, 1.82) is 0 Å². The van der Waals surface area contributed by atoms with Crippen LogP contribution in [0.1, 0.15) is 60.8 Å². The molecule has 1 aromatic carbocycles. The van der Waals surface area contributed by atoms with Crippen molar-refractivity contribution in [2.75, 3.05) is 6.54 Å². The number of benzene rings is 1. The van der Waals surface area contributed by atoms with E-state index in [1.165, 1.54) is 35.9 Å². The highest BCUT2D eigenvalue weighted by atomic mass is 16.1. The summed E-state index contributed by atoms with van der Waals surface area (Å²) in [7, 11) is 0. The van der Waals surface area contributed by atoms with Gasteiger partial charge in [0.15, 0.2) is 0 Å². The Kier molecular flexibility index (Phi) is 4.32. The van der Waals surface area contributed by atoms with E-state index in [1.54, 1.807) is 0 Å². The van der Waals surface area contributed by atoms with E-state index in [-0.39, 0.29) is 5.56 Å². The first-order valence-electron chi connectivity index (χ1n) is 10.2. The fraction of sp³-hybridized carbons (Fsp3) is 0.455. The number of aromatic nitrogens is 3. The Morgan fingerprint density at radius 1 is 1.11 bits per heavy atom. The molecule has 0 radical (unpaired) electrons. The summed E-state index contributed by atoms with van der Waals surface area (Å²) in [5.74, 6) is 1.35. The normalized spacial score (nSPS) is 18.7. The molecule has 0 unspecified atom stereocenters. The first-order valence-corrected chi connectivity index (χ1v) is 10.2. The highest BCUT2D eigenvalue weighted by molar-refractivity contribution is 5.80. The molecule has 5 heteroatoms. The third kappa shape index (κ3) is 3.32. The Labute approximate surface area is 158 Å². The van der Waals surface area contributed by atoms with Crippen LogP contribution in [-0.2, 0) is 19.5 Å². The minimum atomic E-state index is 0.0887. The Morgan fingerprint density at radius 3 is 2.81 bits per heavy atom. The second-order valence-electron chi connectivity index (χ2n) is 8.05. The number of nitrogens with zero attached hydrogens (tertiary/aromatic N) is 2. The van der Waals surface area contributed by atoms with Gasteiger partial charge in [0, 0.05) is 42.3 Å². The zero-order chi connectivity index (χ0) is 18.2. The number of aromatic amines is 2. The number of para-hydroxylation sites is 1. The Morgan fingerprint density at radius 2 is 1.96 bits per heavy atom. The average Bonchev–Trinajstić information content (AvgIpc) is 3.10. The molecular weight excluding hydrogens is 336 g/mol. The zero-order valence-corrected chi connectivity index (χ0v) is 15.6. The maximum Gasteiger partial charge on any atom is 0.254 e. The molecule has 0 amide bonds. The van der Waals surface area contributed by atoms with Crippen LogP contribution in [0, 0.1) is 0 Å². The molecule has 27 heavy (non-hydrogen) atoms. The van der Waals surface area contributed by atoms with Gasteiger partial charge in [-0.25, -0.2) is 4.98 Å². The quantitative estimate of drug-likeness (QED) is 0.744. The molecule has 3 heterocycles. The van der Waals surface area contributed by atoms with Crippen molar-refractivity contribution >= 4 is 10.9 Å². The lowest BCUT2D eigenvalue weighted by Gasteiger charge is -2.28. The molecule has 0 atom stereocenters. The van der Waals surface area contributed by atoms with E-state index in [9.17, 15) is 4.79 Å². The molecule has 1 fully saturated rings. The fourth-order valence-electron chi connectivity index (χ4n) is 4.68. The van der Waals surface area contributed by atoms with Crippen molar-refractivity contribution < 1.29 is 0 Å². The molecule has 2 aromatic heterocycles. The van der Waals surface area contributed by atoms with Crippen molar-refractivity contribution in [3.8, 4) is 0 Å². The van der Waals surface area contributed by atoms with Crippen LogP contribution in [0.4, 0.5) is 0 Å². The molecule has 1 saturated carbocycles. The predicted octanol–water partition coefficient (Wildman–Crippen LogP) is 3.86. The molecule has 5 rings (SSSR count). The van der Waals surface area contributed by atoms with E-state index >= 15 is 0 Å². The molecule has 0 bridgehead atoms. The average molecular weight is 362 g/mol. The number of hydrogen-bond acceptors (Lipinski definition) is 3. The zero-order valence-electron chi connectivity index (χ0n) is 15.6. The van der Waals surface area contributed by atoms with Gasteiger partial charge in [-0.3, -0.25) is 9.69 Å². The van der Waals surface area contributed by atoms with E-state index in [1.807, 2.05) is 0 Å². The lowest BCUT2D eigenvalue weighted by Crippen LogP contribution is -2.35. The maximum absolute atomic E-state index is 12.6. The maximum atomic E-state index is 12.6. The Bertz CT molecular complexity index is 980. The van der Waals surface area contributed by atoms with Gasteiger partial charge in [0.25, 0.3) is 5.56 Å². The highest BCUT2D eigenvalue weighted by Gasteiger charge is 2.24. The lowest BCUT2D eigenvalue weighted by molar-refractivity contribution is 0.237. The SMILES string of the molecule is O=c1[nH]c(C2CCCCC2)nc2c1CCN(Cc1cc3ccccc3[nH]1)C2. The second kappa shape index (κ2) is 6.97. The van der Waals surface area contributed by atoms with Crippen molar-refractivity contribution in [3.63, 3.8) is 0 Å². The fourth-order valence-corrected chi connectivity index (χ4v) is 4.68. The van der Waals surface area contributed by atoms with E-state index in [2.05, 4.69) is 45.2 Å². The van der Waals surface area contributed by atoms with Crippen LogP contribution in [0.2, 0.25) is 0 Å². The number of H-pyrrole nitrogens is 2. The number of hydrogen-bond donors (Lipinski definition) is 2. The van der Waals surface area contributed by atoms with Gasteiger partial charge in [0.2, 0.25) is 0 Å². The molecule has 1 aliphatic carbocycles. The summed E-state index contributed by atoms with van der Waals surface area (Å²) in [6.07, 6.45) is 6.89. The lowest BCUT2D eigenvalue weighted by atomic mass is 9.88. The van der Waals surface area contributed by atoms with E-state index in [0.29, 0.717) is 5.92 Å². The predicted molar refractivity (Wildman–Crippen MR) is 107 cm³/mol. The van der Waals surface area contributed by atoms with Crippen LogP contribution in [0.15, 0.2) is 35.1 Å². The summed E-state index contributed by atoms with van der Waals surface area (Å²) in [4.78, 5) is 26.5. The van der Waals surface area contributed by atoms with Crippen molar-refractivity contribution in [2.45, 2.75) is 57.5 Å². The Balaban J connectivity index is 1.37. The van der Waals surface area contributed by atoms with Crippen molar-refractivity contribution in [2.24, 2.45) is 0 Å². The minimum Gasteiger partial charge on any atom is -0.357 e. The first-order chi connectivity index (χ1) is 13.3. The molecule has 140 valence electrons. The van der Waals surface area contributed by atoms with Gasteiger partial charge in [-0.15, -0.1) is 0 Å². The largest absolute Gasteiger partial charge is 0.357 e. The smallest absolute Gasteiger partial charge is 0.254 e. The summed E-state index contributed by atoms with van der Waals surface area (Å²) in [6, 6.07) is 10.6. The molecular formula is C22H26N4O. The third-order valence-corrected chi connectivity index (χ3v) is 6.14. The van der Waals surface area contributed by atoms with Gasteiger partial charge in [-0.05, 0) is 36.8 Å². The van der Waals surface area contributed by atoms with Crippen LogP contribution < -0.4 is 5.56 Å². The molecule has 1 aliphatic heterocycles. The summed E-state index contributed by atoms with van der Waals surface area (Å²) < 4.78 is 0. The number of nitrogens with one attached hydrogen (secondary N) is 2. The third-order valence-electron chi connectivity index (χ3n) is 6.14. The van der Waals surface area contributed by atoms with Crippen LogP contribution in [-0.4, -0.2) is 26.4 Å². The van der Waals surface area contributed by atoms with E-state index in [0.717, 1.165) is 56.0 Å². The Hall–Kier alpha value is -2.40. The molecule has 2 aliphatic rings. The van der Waals surface area contributed by atoms with Crippen molar-refractivity contribution in [3.05, 3.63) is 63.5 Å². The van der Waals surface area contributed by atoms with Crippen LogP contribution in [0.25, 0.3) is 10.9 Å². The number of rotatable bonds is 3. The monoisotopic (exact) mass is 362 g/mol. The number of fused-ring (bicyclic) bond motifs is 2. The van der Waals surface area contributed by atoms with Gasteiger partial charge in [0.05, 0.1) is 5.69 Å². The first kappa shape index (κ1) is 16.8. The van der Waals surface area contributed by atoms with Crippen molar-refractivity contribution in [1.82, 2.24) is 19.9 Å². The summed E-state index contributed by atoms with van der Waals surface area (Å²) in [5, 5.41) is 1.25. The summed E-state index contributed by atoms with van der Waals surface area (Å²) in [5.41, 5.74) is 4.37. The van der Waals surface area contributed by atoms with Gasteiger partial charge in [0.1, 0.15) is 5.82 Å². The van der Waals surface area contributed by atoms with Gasteiger partial charge < -0.3 is 9.97 Å². The van der Waals surface area contributed by atoms with Crippen LogP contribution in [0.3, 0.4) is 0 Å². The standard InChI is InChI=1S/C22H26N4O/c27-22-18-10-11-26(13-17-12-16-8-4-5-9-19(16)23-17)14-20(18)24-21(25-22)15-6-2-1-3-7-15/h4-5,8-9,12,15,23H,1-3,6-7,10-11,13-14H2,(H,24,25,27). The van der Waals surface area contributed by atoms with E-state index in [4.69, 9.17) is 4.98 Å². The molecule has 3 aromatic rings. The minimum absolute atomic E-state index is 0.0887. The highest BCUT2D eigenvalue weighted by Crippen LogP contribution is 2.31. The summed E-state index contributed by atoms with van der Waals surface area (Å²) in [6.45, 7) is 2.52. The van der Waals surface area contributed by atoms with Crippen LogP contribution >= 0.6 is 0 Å². The topological polar surface area (TPSA) is 64.8 Å². The molecule has 0 spiro atoms. The van der Waals surface area contributed by atoms with Gasteiger partial charge >= 0.3 is 0 Å². The second-order valence-corrected chi connectivity index (χ2v) is 8.05. The molecule has 2 N–H and O–H groups in total. The van der Waals surface area contributed by atoms with E-state index < -0.39 is 0 Å².